The maximum absolute atomic E-state index is 13.0. The predicted molar refractivity (Wildman–Crippen MR) is 98.2 cm³/mol. The van der Waals surface area contributed by atoms with Gasteiger partial charge < -0.3 is 14.4 Å². The molecular weight excluding hydrogens is 322 g/mol. The average Bonchev–Trinajstić information content (AvgIpc) is 2.95. The number of ether oxygens (including phenoxy) is 2. The van der Waals surface area contributed by atoms with Crippen LogP contribution in [0.25, 0.3) is 10.1 Å². The van der Waals surface area contributed by atoms with Crippen LogP contribution in [0.4, 0.5) is 0 Å². The molecule has 0 saturated carbocycles. The van der Waals surface area contributed by atoms with Crippen molar-refractivity contribution in [2.45, 2.75) is 26.7 Å². The van der Waals surface area contributed by atoms with Gasteiger partial charge in [-0.2, -0.15) is 0 Å². The molecule has 0 radical (unpaired) electrons. The highest BCUT2D eigenvalue weighted by molar-refractivity contribution is 7.21. The van der Waals surface area contributed by atoms with Crippen LogP contribution in [0.5, 0.6) is 5.75 Å². The van der Waals surface area contributed by atoms with Gasteiger partial charge >= 0.3 is 0 Å². The third-order valence-electron chi connectivity index (χ3n) is 4.70. The lowest BCUT2D eigenvalue weighted by atomic mass is 9.98. The highest BCUT2D eigenvalue weighted by Crippen LogP contribution is 2.34. The number of rotatable bonds is 5. The molecule has 1 aliphatic heterocycles. The Morgan fingerprint density at radius 2 is 2.25 bits per heavy atom. The number of likely N-dealkylation sites (tertiary alicyclic amines) is 1. The van der Waals surface area contributed by atoms with E-state index in [1.54, 1.807) is 18.4 Å². The summed E-state index contributed by atoms with van der Waals surface area (Å²) in [6.07, 6.45) is 2.20. The third kappa shape index (κ3) is 3.42. The Morgan fingerprint density at radius 3 is 3.00 bits per heavy atom. The van der Waals surface area contributed by atoms with E-state index < -0.39 is 0 Å². The number of carbonyl (C=O) groups excluding carboxylic acids is 1. The molecule has 1 unspecified atom stereocenters. The second-order valence-electron chi connectivity index (χ2n) is 6.34. The van der Waals surface area contributed by atoms with E-state index >= 15 is 0 Å². The lowest BCUT2D eigenvalue weighted by Gasteiger charge is -2.32. The van der Waals surface area contributed by atoms with Gasteiger partial charge in [0.25, 0.3) is 5.91 Å². The fraction of sp³-hybridized carbons (Fsp3) is 0.526. The number of thiophene rings is 1. The molecule has 2 aromatic rings. The van der Waals surface area contributed by atoms with E-state index in [1.807, 2.05) is 36.9 Å². The SMILES string of the molecule is CCOCC1CCCN(C(=O)c2sc3ccc(OC)cc3c2C)C1. The summed E-state index contributed by atoms with van der Waals surface area (Å²) < 4.78 is 12.0. The number of benzene rings is 1. The molecular formula is C19H25NO3S. The molecule has 1 saturated heterocycles. The van der Waals surface area contributed by atoms with Crippen molar-refractivity contribution >= 4 is 27.3 Å². The molecule has 4 nitrogen and oxygen atoms in total. The number of hydrogen-bond acceptors (Lipinski definition) is 4. The number of piperidine rings is 1. The van der Waals surface area contributed by atoms with E-state index in [9.17, 15) is 4.79 Å². The molecule has 1 fully saturated rings. The van der Waals surface area contributed by atoms with Crippen LogP contribution in [0.3, 0.4) is 0 Å². The highest BCUT2D eigenvalue weighted by atomic mass is 32.1. The number of carbonyl (C=O) groups is 1. The summed E-state index contributed by atoms with van der Waals surface area (Å²) in [5.74, 6) is 1.45. The zero-order valence-electron chi connectivity index (χ0n) is 14.6. The minimum absolute atomic E-state index is 0.161. The molecule has 0 N–H and O–H groups in total. The highest BCUT2D eigenvalue weighted by Gasteiger charge is 2.27. The predicted octanol–water partition coefficient (Wildman–Crippen LogP) is 4.11. The van der Waals surface area contributed by atoms with Crippen molar-refractivity contribution in [3.05, 3.63) is 28.6 Å². The van der Waals surface area contributed by atoms with E-state index in [2.05, 4.69) is 0 Å². The van der Waals surface area contributed by atoms with Gasteiger partial charge in [-0.25, -0.2) is 0 Å². The maximum Gasteiger partial charge on any atom is 0.264 e. The first kappa shape index (κ1) is 17.2. The summed E-state index contributed by atoms with van der Waals surface area (Å²) in [6.45, 7) is 7.19. The largest absolute Gasteiger partial charge is 0.497 e. The molecule has 3 rings (SSSR count). The number of hydrogen-bond donors (Lipinski definition) is 0. The number of methoxy groups -OCH3 is 1. The monoisotopic (exact) mass is 347 g/mol. The van der Waals surface area contributed by atoms with Crippen molar-refractivity contribution in [2.75, 3.05) is 33.4 Å². The zero-order chi connectivity index (χ0) is 17.1. The topological polar surface area (TPSA) is 38.8 Å². The number of aryl methyl sites for hydroxylation is 1. The Kier molecular flexibility index (Phi) is 5.41. The van der Waals surface area contributed by atoms with Crippen LogP contribution in [0.15, 0.2) is 18.2 Å². The fourth-order valence-corrected chi connectivity index (χ4v) is 4.50. The smallest absolute Gasteiger partial charge is 0.264 e. The molecule has 5 heteroatoms. The van der Waals surface area contributed by atoms with Crippen molar-refractivity contribution in [3.63, 3.8) is 0 Å². The molecule has 1 aliphatic rings. The quantitative estimate of drug-likeness (QED) is 0.817. The van der Waals surface area contributed by atoms with Crippen LogP contribution in [0.2, 0.25) is 0 Å². The molecule has 130 valence electrons. The molecule has 0 aliphatic carbocycles. The van der Waals surface area contributed by atoms with Gasteiger partial charge in [0, 0.05) is 24.4 Å². The van der Waals surface area contributed by atoms with Crippen LogP contribution >= 0.6 is 11.3 Å². The summed E-state index contributed by atoms with van der Waals surface area (Å²) in [4.78, 5) is 15.9. The standard InChI is InChI=1S/C19H25NO3S/c1-4-23-12-14-6-5-9-20(11-14)19(21)18-13(2)16-10-15(22-3)7-8-17(16)24-18/h7-8,10,14H,4-6,9,11-12H2,1-3H3. The van der Waals surface area contributed by atoms with Gasteiger partial charge in [-0.1, -0.05) is 0 Å². The van der Waals surface area contributed by atoms with Gasteiger partial charge in [0.15, 0.2) is 0 Å². The van der Waals surface area contributed by atoms with E-state index in [0.29, 0.717) is 5.92 Å². The Morgan fingerprint density at radius 1 is 1.42 bits per heavy atom. The first-order chi connectivity index (χ1) is 11.6. The van der Waals surface area contributed by atoms with Gasteiger partial charge in [-0.05, 0) is 61.8 Å². The lowest BCUT2D eigenvalue weighted by Crippen LogP contribution is -2.41. The Hall–Kier alpha value is -1.59. The lowest BCUT2D eigenvalue weighted by molar-refractivity contribution is 0.0504. The number of fused-ring (bicyclic) bond motifs is 1. The number of nitrogens with zero attached hydrogens (tertiary/aromatic N) is 1. The molecule has 0 bridgehead atoms. The van der Waals surface area contributed by atoms with Crippen LogP contribution in [-0.4, -0.2) is 44.2 Å². The van der Waals surface area contributed by atoms with Crippen LogP contribution in [0.1, 0.15) is 35.0 Å². The maximum atomic E-state index is 13.0. The van der Waals surface area contributed by atoms with Crippen molar-refractivity contribution in [1.29, 1.82) is 0 Å². The first-order valence-corrected chi connectivity index (χ1v) is 9.39. The van der Waals surface area contributed by atoms with Gasteiger partial charge in [-0.3, -0.25) is 4.79 Å². The second-order valence-corrected chi connectivity index (χ2v) is 7.39. The molecule has 1 aromatic carbocycles. The molecule has 0 spiro atoms. The molecule has 1 atom stereocenters. The normalized spacial score (nSPS) is 18.1. The summed E-state index contributed by atoms with van der Waals surface area (Å²) in [6, 6.07) is 6.01. The van der Waals surface area contributed by atoms with Crippen LogP contribution in [-0.2, 0) is 4.74 Å². The summed E-state index contributed by atoms with van der Waals surface area (Å²) >= 11 is 1.59. The molecule has 2 heterocycles. The van der Waals surface area contributed by atoms with E-state index in [1.165, 1.54) is 0 Å². The zero-order valence-corrected chi connectivity index (χ0v) is 15.4. The van der Waals surface area contributed by atoms with E-state index in [0.717, 1.165) is 65.4 Å². The van der Waals surface area contributed by atoms with Crippen molar-refractivity contribution in [1.82, 2.24) is 4.90 Å². The van der Waals surface area contributed by atoms with E-state index in [4.69, 9.17) is 9.47 Å². The summed E-state index contributed by atoms with van der Waals surface area (Å²) in [5.41, 5.74) is 1.06. The van der Waals surface area contributed by atoms with Crippen molar-refractivity contribution < 1.29 is 14.3 Å². The molecule has 1 amide bonds. The minimum atomic E-state index is 0.161. The van der Waals surface area contributed by atoms with Gasteiger partial charge in [0.2, 0.25) is 0 Å². The third-order valence-corrected chi connectivity index (χ3v) is 5.96. The van der Waals surface area contributed by atoms with Crippen LogP contribution < -0.4 is 4.74 Å². The van der Waals surface area contributed by atoms with Crippen molar-refractivity contribution in [2.24, 2.45) is 5.92 Å². The number of amides is 1. The molecule has 1 aromatic heterocycles. The second kappa shape index (κ2) is 7.53. The summed E-state index contributed by atoms with van der Waals surface area (Å²) in [5, 5.41) is 1.12. The Bertz CT molecular complexity index is 725. The summed E-state index contributed by atoms with van der Waals surface area (Å²) in [7, 11) is 1.67. The van der Waals surface area contributed by atoms with Gasteiger partial charge in [0.1, 0.15) is 5.75 Å². The first-order valence-electron chi connectivity index (χ1n) is 8.58. The van der Waals surface area contributed by atoms with E-state index in [-0.39, 0.29) is 5.91 Å². The van der Waals surface area contributed by atoms with Crippen molar-refractivity contribution in [3.8, 4) is 5.75 Å². The average molecular weight is 347 g/mol. The minimum Gasteiger partial charge on any atom is -0.497 e. The van der Waals surface area contributed by atoms with Crippen LogP contribution in [0, 0.1) is 12.8 Å². The Balaban J connectivity index is 1.81. The Labute approximate surface area is 147 Å². The molecule has 24 heavy (non-hydrogen) atoms. The fourth-order valence-electron chi connectivity index (χ4n) is 3.34. The van der Waals surface area contributed by atoms with Gasteiger partial charge in [0.05, 0.1) is 18.6 Å². The van der Waals surface area contributed by atoms with Gasteiger partial charge in [-0.15, -0.1) is 11.3 Å².